The number of fused-ring (bicyclic) bond motifs is 2. The molecule has 2 bridgehead atoms. The second-order valence-corrected chi connectivity index (χ2v) is 6.92. The molecule has 0 aliphatic heterocycles. The number of benzene rings is 2. The largest absolute Gasteiger partial charge is 0.352 e. The normalized spacial score (nSPS) is 28.7. The monoisotopic (exact) mass is 305 g/mol. The third-order valence-electron chi connectivity index (χ3n) is 5.72. The predicted molar refractivity (Wildman–Crippen MR) is 91.8 cm³/mol. The molecule has 2 heteroatoms. The van der Waals surface area contributed by atoms with E-state index in [2.05, 4.69) is 47.8 Å². The van der Waals surface area contributed by atoms with Gasteiger partial charge in [-0.15, -0.1) is 0 Å². The van der Waals surface area contributed by atoms with Crippen LogP contribution < -0.4 is 5.32 Å². The van der Waals surface area contributed by atoms with Crippen LogP contribution in [0.2, 0.25) is 0 Å². The Morgan fingerprint density at radius 1 is 0.913 bits per heavy atom. The zero-order chi connectivity index (χ0) is 15.6. The van der Waals surface area contributed by atoms with Crippen LogP contribution in [0.25, 0.3) is 0 Å². The Hall–Kier alpha value is -2.09. The number of carbonyl (C=O) groups excluding carboxylic acids is 1. The van der Waals surface area contributed by atoms with Gasteiger partial charge in [0, 0.05) is 12.5 Å². The van der Waals surface area contributed by atoms with Gasteiger partial charge >= 0.3 is 0 Å². The topological polar surface area (TPSA) is 29.1 Å². The van der Waals surface area contributed by atoms with Crippen molar-refractivity contribution in [1.82, 2.24) is 5.32 Å². The molecule has 2 aromatic carbocycles. The van der Waals surface area contributed by atoms with Crippen LogP contribution in [-0.2, 0) is 11.3 Å². The maximum atomic E-state index is 12.7. The molecule has 118 valence electrons. The number of rotatable bonds is 4. The Balaban J connectivity index is 1.43. The van der Waals surface area contributed by atoms with E-state index in [0.717, 1.165) is 0 Å². The van der Waals surface area contributed by atoms with E-state index < -0.39 is 0 Å². The standard InChI is InChI=1S/C21H23NO/c23-21(22-14-15-8-3-1-4-9-15)20-17-12-7-13-18(20)19(17)16-10-5-2-6-11-16/h1-6,8-11,17-20H,7,12-14H2,(H,22,23). The molecule has 4 rings (SSSR count). The molecule has 1 N–H and O–H groups in total. The molecule has 0 radical (unpaired) electrons. The van der Waals surface area contributed by atoms with E-state index in [1.807, 2.05) is 18.2 Å². The lowest BCUT2D eigenvalue weighted by molar-refractivity contribution is -0.141. The van der Waals surface area contributed by atoms with Crippen LogP contribution in [-0.4, -0.2) is 5.91 Å². The quantitative estimate of drug-likeness (QED) is 0.904. The van der Waals surface area contributed by atoms with Gasteiger partial charge in [0.15, 0.2) is 0 Å². The number of amides is 1. The Labute approximate surface area is 137 Å². The van der Waals surface area contributed by atoms with Crippen LogP contribution >= 0.6 is 0 Å². The third kappa shape index (κ3) is 2.67. The smallest absolute Gasteiger partial charge is 0.223 e. The Morgan fingerprint density at radius 3 is 2.17 bits per heavy atom. The van der Waals surface area contributed by atoms with E-state index >= 15 is 0 Å². The van der Waals surface area contributed by atoms with E-state index in [-0.39, 0.29) is 11.8 Å². The van der Waals surface area contributed by atoms with E-state index in [9.17, 15) is 4.79 Å². The molecule has 2 fully saturated rings. The molecular weight excluding hydrogens is 282 g/mol. The second-order valence-electron chi connectivity index (χ2n) is 6.92. The first-order valence-electron chi connectivity index (χ1n) is 8.71. The molecule has 2 saturated carbocycles. The Bertz CT molecular complexity index is 655. The van der Waals surface area contributed by atoms with Crippen LogP contribution in [0.3, 0.4) is 0 Å². The first kappa shape index (κ1) is 14.5. The molecule has 0 spiro atoms. The Kier molecular flexibility index (Phi) is 3.90. The minimum Gasteiger partial charge on any atom is -0.352 e. The fraction of sp³-hybridized carbons (Fsp3) is 0.381. The average Bonchev–Trinajstić information content (AvgIpc) is 2.62. The summed E-state index contributed by atoms with van der Waals surface area (Å²) in [4.78, 5) is 12.7. The fourth-order valence-electron chi connectivity index (χ4n) is 4.71. The molecule has 2 aromatic rings. The van der Waals surface area contributed by atoms with Gasteiger partial charge in [-0.3, -0.25) is 4.79 Å². The summed E-state index contributed by atoms with van der Waals surface area (Å²) in [5.74, 6) is 2.14. The summed E-state index contributed by atoms with van der Waals surface area (Å²) in [6, 6.07) is 20.9. The molecule has 0 heterocycles. The highest BCUT2D eigenvalue weighted by Gasteiger charge is 2.55. The molecule has 1 amide bonds. The molecule has 0 aromatic heterocycles. The number of hydrogen-bond acceptors (Lipinski definition) is 1. The maximum Gasteiger partial charge on any atom is 0.223 e. The SMILES string of the molecule is O=C(NCc1ccccc1)C1C2CCCC1C2c1ccccc1. The van der Waals surface area contributed by atoms with Crippen molar-refractivity contribution in [3.8, 4) is 0 Å². The van der Waals surface area contributed by atoms with Crippen LogP contribution in [0.4, 0.5) is 0 Å². The first-order valence-corrected chi connectivity index (χ1v) is 8.71. The van der Waals surface area contributed by atoms with Crippen molar-refractivity contribution in [3.05, 3.63) is 71.8 Å². The second kappa shape index (κ2) is 6.19. The molecule has 2 nitrogen and oxygen atoms in total. The summed E-state index contributed by atoms with van der Waals surface area (Å²) >= 11 is 0. The van der Waals surface area contributed by atoms with Crippen molar-refractivity contribution in [2.75, 3.05) is 0 Å². The highest BCUT2D eigenvalue weighted by atomic mass is 16.1. The van der Waals surface area contributed by atoms with Gasteiger partial charge < -0.3 is 5.32 Å². The minimum atomic E-state index is 0.220. The lowest BCUT2D eigenvalue weighted by Gasteiger charge is -2.55. The van der Waals surface area contributed by atoms with Gasteiger partial charge in [-0.1, -0.05) is 67.1 Å². The van der Waals surface area contributed by atoms with E-state index in [1.165, 1.54) is 30.4 Å². The molecular formula is C21H23NO. The van der Waals surface area contributed by atoms with Crippen molar-refractivity contribution in [2.24, 2.45) is 17.8 Å². The van der Waals surface area contributed by atoms with E-state index in [4.69, 9.17) is 0 Å². The summed E-state index contributed by atoms with van der Waals surface area (Å²) < 4.78 is 0. The molecule has 2 aliphatic carbocycles. The van der Waals surface area contributed by atoms with Gasteiger partial charge in [-0.2, -0.15) is 0 Å². The van der Waals surface area contributed by atoms with Crippen molar-refractivity contribution < 1.29 is 4.79 Å². The number of hydrogen-bond donors (Lipinski definition) is 1. The van der Waals surface area contributed by atoms with Gasteiger partial charge in [0.1, 0.15) is 0 Å². The van der Waals surface area contributed by atoms with Crippen LogP contribution in [0.15, 0.2) is 60.7 Å². The molecule has 2 aliphatic rings. The minimum absolute atomic E-state index is 0.220. The maximum absolute atomic E-state index is 12.7. The summed E-state index contributed by atoms with van der Waals surface area (Å²) in [5, 5.41) is 3.16. The highest BCUT2D eigenvalue weighted by molar-refractivity contribution is 5.81. The third-order valence-corrected chi connectivity index (χ3v) is 5.72. The number of carbonyl (C=O) groups is 1. The van der Waals surface area contributed by atoms with Crippen LogP contribution in [0.1, 0.15) is 36.3 Å². The van der Waals surface area contributed by atoms with E-state index in [1.54, 1.807) is 0 Å². The van der Waals surface area contributed by atoms with Gasteiger partial charge in [0.2, 0.25) is 5.91 Å². The van der Waals surface area contributed by atoms with Gasteiger partial charge in [0.05, 0.1) is 0 Å². The van der Waals surface area contributed by atoms with Crippen LogP contribution in [0.5, 0.6) is 0 Å². The summed E-state index contributed by atoms with van der Waals surface area (Å²) in [7, 11) is 0. The predicted octanol–water partition coefficient (Wildman–Crippen LogP) is 4.13. The Morgan fingerprint density at radius 2 is 1.52 bits per heavy atom. The summed E-state index contributed by atoms with van der Waals surface area (Å²) in [6.07, 6.45) is 3.67. The van der Waals surface area contributed by atoms with Crippen molar-refractivity contribution >= 4 is 5.91 Å². The molecule has 23 heavy (non-hydrogen) atoms. The van der Waals surface area contributed by atoms with Crippen molar-refractivity contribution in [3.63, 3.8) is 0 Å². The zero-order valence-corrected chi connectivity index (χ0v) is 13.3. The van der Waals surface area contributed by atoms with Crippen molar-refractivity contribution in [2.45, 2.75) is 31.7 Å². The first-order chi connectivity index (χ1) is 11.3. The summed E-state index contributed by atoms with van der Waals surface area (Å²) in [5.41, 5.74) is 2.60. The van der Waals surface area contributed by atoms with Gasteiger partial charge in [-0.05, 0) is 41.7 Å². The number of nitrogens with one attached hydrogen (secondary N) is 1. The molecule has 2 atom stereocenters. The highest BCUT2D eigenvalue weighted by Crippen LogP contribution is 2.59. The van der Waals surface area contributed by atoms with E-state index in [0.29, 0.717) is 24.3 Å². The lowest BCUT2D eigenvalue weighted by Crippen LogP contribution is -2.54. The van der Waals surface area contributed by atoms with Crippen LogP contribution in [0, 0.1) is 17.8 Å². The lowest BCUT2D eigenvalue weighted by atomic mass is 9.48. The van der Waals surface area contributed by atoms with Crippen molar-refractivity contribution in [1.29, 1.82) is 0 Å². The molecule has 0 saturated heterocycles. The zero-order valence-electron chi connectivity index (χ0n) is 13.3. The molecule has 2 unspecified atom stereocenters. The fourth-order valence-corrected chi connectivity index (χ4v) is 4.71. The average molecular weight is 305 g/mol. The summed E-state index contributed by atoms with van der Waals surface area (Å²) in [6.45, 7) is 0.644. The van der Waals surface area contributed by atoms with Gasteiger partial charge in [-0.25, -0.2) is 0 Å². The van der Waals surface area contributed by atoms with Gasteiger partial charge in [0.25, 0.3) is 0 Å².